The lowest BCUT2D eigenvalue weighted by Gasteiger charge is -2.24. The van der Waals surface area contributed by atoms with Crippen LogP contribution in [0.15, 0.2) is 11.0 Å². The highest BCUT2D eigenvalue weighted by atomic mass is 19.1. The van der Waals surface area contributed by atoms with E-state index in [0.29, 0.717) is 6.42 Å². The molecule has 4 N–H and O–H groups in total. The molecule has 8 atom stereocenters. The molecule has 2 unspecified atom stereocenters. The Kier molecular flexibility index (Phi) is 8.37. The number of carbonyl (C=O) groups excluding carboxylic acids is 1. The summed E-state index contributed by atoms with van der Waals surface area (Å²) in [7, 11) is 0. The monoisotopic (exact) mass is 475 g/mol. The lowest BCUT2D eigenvalue weighted by atomic mass is 10.1. The molecular formula is C20H30FN3O9. The molecule has 12 nitrogen and oxygen atoms in total. The molecule has 33 heavy (non-hydrogen) atoms. The van der Waals surface area contributed by atoms with E-state index in [2.05, 4.69) is 10.3 Å². The van der Waals surface area contributed by atoms with E-state index in [1.807, 2.05) is 6.92 Å². The van der Waals surface area contributed by atoms with Crippen molar-refractivity contribution in [3.63, 3.8) is 0 Å². The summed E-state index contributed by atoms with van der Waals surface area (Å²) in [5.74, 6) is -1.66. The summed E-state index contributed by atoms with van der Waals surface area (Å²) in [6.45, 7) is 5.24. The quantitative estimate of drug-likeness (QED) is 0.384. The number of aromatic nitrogens is 2. The van der Waals surface area contributed by atoms with Gasteiger partial charge in [0, 0.05) is 0 Å². The SMILES string of the molecule is CCCCCOC(=O)Nc1nc(=O)n([C@@H]2O[C@H](C)C(O[C@H]3O[C@H](C)C(O)[C@@H]3O)[C@@H]2O)cc1F. The average Bonchev–Trinajstić information content (AvgIpc) is 3.18. The Labute approximate surface area is 189 Å². The molecule has 13 heteroatoms. The minimum Gasteiger partial charge on any atom is -0.449 e. The summed E-state index contributed by atoms with van der Waals surface area (Å²) in [5.41, 5.74) is -0.990. The molecule has 1 aromatic rings. The van der Waals surface area contributed by atoms with Crippen molar-refractivity contribution in [2.75, 3.05) is 11.9 Å². The molecule has 0 radical (unpaired) electrons. The molecule has 0 spiro atoms. The molecular weight excluding hydrogens is 445 g/mol. The van der Waals surface area contributed by atoms with Gasteiger partial charge in [0.1, 0.15) is 24.4 Å². The Hall–Kier alpha value is -2.16. The second-order valence-corrected chi connectivity index (χ2v) is 8.11. The van der Waals surface area contributed by atoms with Gasteiger partial charge in [0.25, 0.3) is 0 Å². The number of ether oxygens (including phenoxy) is 4. The summed E-state index contributed by atoms with van der Waals surface area (Å²) in [5, 5.41) is 32.6. The number of nitrogens with zero attached hydrogens (tertiary/aromatic N) is 2. The fourth-order valence-corrected chi connectivity index (χ4v) is 3.68. The van der Waals surface area contributed by atoms with E-state index < -0.39 is 72.6 Å². The van der Waals surface area contributed by atoms with Crippen LogP contribution in [0.3, 0.4) is 0 Å². The molecule has 0 aromatic carbocycles. The minimum atomic E-state index is -1.45. The number of anilines is 1. The average molecular weight is 475 g/mol. The molecule has 2 aliphatic rings. The van der Waals surface area contributed by atoms with Gasteiger partial charge in [0.05, 0.1) is 25.0 Å². The fraction of sp³-hybridized carbons (Fsp3) is 0.750. The summed E-state index contributed by atoms with van der Waals surface area (Å²) >= 11 is 0. The van der Waals surface area contributed by atoms with Crippen molar-refractivity contribution in [3.8, 4) is 0 Å². The standard InChI is InChI=1S/C20H30FN3O9/c1-4-5-6-7-30-20(29)23-16-11(21)8-24(19(28)22-16)17-14(27)15(10(3)31-17)33-18-13(26)12(25)9(2)32-18/h8-10,12-15,17-18,25-27H,4-7H2,1-3H3,(H,22,23,28,29)/t9-,10-,12?,13+,14+,15?,17-,18-/m1/s1. The van der Waals surface area contributed by atoms with Gasteiger partial charge in [0.2, 0.25) is 0 Å². The maximum atomic E-state index is 14.5. The van der Waals surface area contributed by atoms with Gasteiger partial charge < -0.3 is 34.3 Å². The van der Waals surface area contributed by atoms with Crippen molar-refractivity contribution in [2.45, 2.75) is 89.2 Å². The van der Waals surface area contributed by atoms with Crippen LogP contribution in [0.1, 0.15) is 46.3 Å². The van der Waals surface area contributed by atoms with E-state index >= 15 is 0 Å². The Bertz CT molecular complexity index is 885. The van der Waals surface area contributed by atoms with Gasteiger partial charge in [-0.15, -0.1) is 0 Å². The second kappa shape index (κ2) is 10.8. The number of hydrogen-bond donors (Lipinski definition) is 4. The van der Waals surface area contributed by atoms with Gasteiger partial charge in [0.15, 0.2) is 24.2 Å². The Balaban J connectivity index is 1.67. The number of hydrogen-bond acceptors (Lipinski definition) is 10. The molecule has 3 rings (SSSR count). The van der Waals surface area contributed by atoms with Gasteiger partial charge in [-0.25, -0.2) is 14.0 Å². The minimum absolute atomic E-state index is 0.148. The molecule has 0 saturated carbocycles. The fourth-order valence-electron chi connectivity index (χ4n) is 3.68. The number of carbonyl (C=O) groups is 1. The first kappa shape index (κ1) is 25.5. The number of amides is 1. The van der Waals surface area contributed by atoms with Crippen LogP contribution in [-0.2, 0) is 18.9 Å². The van der Waals surface area contributed by atoms with Crippen LogP contribution in [0.4, 0.5) is 15.0 Å². The van der Waals surface area contributed by atoms with Crippen LogP contribution in [0.5, 0.6) is 0 Å². The maximum Gasteiger partial charge on any atom is 0.412 e. The van der Waals surface area contributed by atoms with Crippen LogP contribution in [0.25, 0.3) is 0 Å². The van der Waals surface area contributed by atoms with E-state index in [1.54, 1.807) is 13.8 Å². The van der Waals surface area contributed by atoms with E-state index in [4.69, 9.17) is 18.9 Å². The largest absolute Gasteiger partial charge is 0.449 e. The topological polar surface area (TPSA) is 162 Å². The number of nitrogens with one attached hydrogen (secondary N) is 1. The number of aliphatic hydroxyl groups excluding tert-OH is 3. The highest BCUT2D eigenvalue weighted by molar-refractivity contribution is 5.83. The number of aliphatic hydroxyl groups is 3. The molecule has 1 amide bonds. The molecule has 3 heterocycles. The Morgan fingerprint density at radius 3 is 2.55 bits per heavy atom. The smallest absolute Gasteiger partial charge is 0.412 e. The lowest BCUT2D eigenvalue weighted by Crippen LogP contribution is -2.42. The van der Waals surface area contributed by atoms with Crippen molar-refractivity contribution in [2.24, 2.45) is 0 Å². The first-order valence-electron chi connectivity index (χ1n) is 10.9. The molecule has 2 fully saturated rings. The molecule has 0 bridgehead atoms. The second-order valence-electron chi connectivity index (χ2n) is 8.11. The lowest BCUT2D eigenvalue weighted by molar-refractivity contribution is -0.207. The number of unbranched alkanes of at least 4 members (excludes halogenated alkanes) is 2. The van der Waals surface area contributed by atoms with Crippen LogP contribution in [-0.4, -0.2) is 80.5 Å². The van der Waals surface area contributed by atoms with Crippen molar-refractivity contribution in [1.82, 2.24) is 9.55 Å². The number of rotatable bonds is 8. The first-order chi connectivity index (χ1) is 15.6. The molecule has 0 aliphatic carbocycles. The molecule has 2 saturated heterocycles. The summed E-state index contributed by atoms with van der Waals surface area (Å²) in [4.78, 5) is 27.8. The van der Waals surface area contributed by atoms with Gasteiger partial charge >= 0.3 is 11.8 Å². The highest BCUT2D eigenvalue weighted by Crippen LogP contribution is 2.33. The van der Waals surface area contributed by atoms with E-state index in [9.17, 15) is 29.3 Å². The Morgan fingerprint density at radius 1 is 1.18 bits per heavy atom. The Morgan fingerprint density at radius 2 is 1.91 bits per heavy atom. The maximum absolute atomic E-state index is 14.5. The normalized spacial score (nSPS) is 33.9. The van der Waals surface area contributed by atoms with Crippen LogP contribution >= 0.6 is 0 Å². The third-order valence-electron chi connectivity index (χ3n) is 5.58. The zero-order valence-electron chi connectivity index (χ0n) is 18.6. The van der Waals surface area contributed by atoms with E-state index in [-0.39, 0.29) is 6.61 Å². The van der Waals surface area contributed by atoms with Crippen molar-refractivity contribution in [1.29, 1.82) is 0 Å². The molecule has 2 aliphatic heterocycles. The molecule has 186 valence electrons. The van der Waals surface area contributed by atoms with Crippen molar-refractivity contribution < 1.29 is 43.5 Å². The van der Waals surface area contributed by atoms with Crippen molar-refractivity contribution in [3.05, 3.63) is 22.5 Å². The summed E-state index contributed by atoms with van der Waals surface area (Å²) in [6, 6.07) is 0. The highest BCUT2D eigenvalue weighted by Gasteiger charge is 2.49. The van der Waals surface area contributed by atoms with Crippen molar-refractivity contribution >= 4 is 11.9 Å². The third kappa shape index (κ3) is 5.67. The number of halogens is 1. The van der Waals surface area contributed by atoms with Crippen LogP contribution < -0.4 is 11.0 Å². The summed E-state index contributed by atoms with van der Waals surface area (Å²) in [6.07, 6.45) is -6.79. The van der Waals surface area contributed by atoms with Crippen LogP contribution in [0.2, 0.25) is 0 Å². The predicted octanol–water partition coefficient (Wildman–Crippen LogP) is 0.251. The molecule has 1 aromatic heterocycles. The van der Waals surface area contributed by atoms with Gasteiger partial charge in [-0.05, 0) is 20.3 Å². The first-order valence-corrected chi connectivity index (χ1v) is 10.9. The third-order valence-corrected chi connectivity index (χ3v) is 5.58. The zero-order chi connectivity index (χ0) is 24.3. The van der Waals surface area contributed by atoms with E-state index in [0.717, 1.165) is 23.6 Å². The van der Waals surface area contributed by atoms with Gasteiger partial charge in [-0.2, -0.15) is 4.98 Å². The van der Waals surface area contributed by atoms with Gasteiger partial charge in [-0.1, -0.05) is 19.8 Å². The van der Waals surface area contributed by atoms with Gasteiger partial charge in [-0.3, -0.25) is 9.88 Å². The summed E-state index contributed by atoms with van der Waals surface area (Å²) < 4.78 is 36.7. The zero-order valence-corrected chi connectivity index (χ0v) is 18.6. The van der Waals surface area contributed by atoms with Crippen LogP contribution in [0, 0.1) is 5.82 Å². The predicted molar refractivity (Wildman–Crippen MR) is 110 cm³/mol. The van der Waals surface area contributed by atoms with E-state index in [1.165, 1.54) is 0 Å².